The number of carbonyl (C=O) groups is 2. The van der Waals surface area contributed by atoms with Gasteiger partial charge in [-0.15, -0.1) is 11.3 Å². The summed E-state index contributed by atoms with van der Waals surface area (Å²) in [6.45, 7) is 0.670. The van der Waals surface area contributed by atoms with Crippen LogP contribution in [0.1, 0.15) is 41.6 Å². The van der Waals surface area contributed by atoms with Gasteiger partial charge in [0, 0.05) is 36.6 Å². The number of nitrogens with one attached hydrogen (secondary N) is 1. The van der Waals surface area contributed by atoms with Crippen molar-refractivity contribution in [2.75, 3.05) is 0 Å². The maximum Gasteiger partial charge on any atom is 0.306 e. The monoisotopic (exact) mass is 448 g/mol. The van der Waals surface area contributed by atoms with Crippen molar-refractivity contribution in [2.24, 2.45) is 5.92 Å². The van der Waals surface area contributed by atoms with E-state index < -0.39 is 5.97 Å². The quantitative estimate of drug-likeness (QED) is 0.460. The van der Waals surface area contributed by atoms with Gasteiger partial charge >= 0.3 is 5.97 Å². The van der Waals surface area contributed by atoms with Crippen LogP contribution >= 0.6 is 11.3 Å². The fourth-order valence-corrected chi connectivity index (χ4v) is 5.37. The zero-order valence-corrected chi connectivity index (χ0v) is 18.3. The van der Waals surface area contributed by atoms with E-state index in [-0.39, 0.29) is 17.9 Å². The second-order valence-electron chi connectivity index (χ2n) is 8.28. The molecule has 0 bridgehead atoms. The fraction of sp³-hybridized carbons (Fsp3) is 0.292. The largest absolute Gasteiger partial charge is 0.481 e. The number of thiophene rings is 1. The maximum absolute atomic E-state index is 13.0. The van der Waals surface area contributed by atoms with E-state index in [1.165, 1.54) is 0 Å². The molecule has 0 atom stereocenters. The number of hydrogen-bond donors (Lipinski definition) is 2. The Morgan fingerprint density at radius 3 is 2.56 bits per heavy atom. The molecule has 8 heteroatoms. The van der Waals surface area contributed by atoms with E-state index in [1.807, 2.05) is 46.7 Å². The minimum Gasteiger partial charge on any atom is -0.481 e. The van der Waals surface area contributed by atoms with Gasteiger partial charge in [-0.2, -0.15) is 5.10 Å². The van der Waals surface area contributed by atoms with Crippen LogP contribution in [0, 0.1) is 5.92 Å². The van der Waals surface area contributed by atoms with Gasteiger partial charge in [0.15, 0.2) is 0 Å². The molecular weight excluding hydrogens is 424 g/mol. The number of benzene rings is 1. The number of carboxylic acid groups (broad SMARTS) is 1. The van der Waals surface area contributed by atoms with Crippen molar-refractivity contribution in [2.45, 2.75) is 38.3 Å². The Bertz CT molecular complexity index is 1230. The van der Waals surface area contributed by atoms with Crippen molar-refractivity contribution in [1.29, 1.82) is 0 Å². The van der Waals surface area contributed by atoms with E-state index >= 15 is 0 Å². The van der Waals surface area contributed by atoms with Gasteiger partial charge in [-0.25, -0.2) is 4.68 Å². The Balaban J connectivity index is 1.30. The number of hydrogen-bond acceptors (Lipinski definition) is 4. The molecule has 0 unspecified atom stereocenters. The predicted octanol–water partition coefficient (Wildman–Crippen LogP) is 4.31. The minimum absolute atomic E-state index is 0.0336. The van der Waals surface area contributed by atoms with Crippen molar-refractivity contribution < 1.29 is 14.7 Å². The van der Waals surface area contributed by atoms with Crippen LogP contribution in [0.15, 0.2) is 60.4 Å². The van der Waals surface area contributed by atoms with Crippen LogP contribution in [-0.4, -0.2) is 37.4 Å². The summed E-state index contributed by atoms with van der Waals surface area (Å²) < 4.78 is 5.02. The molecule has 0 aliphatic heterocycles. The zero-order chi connectivity index (χ0) is 22.1. The number of carboxylic acids is 1. The lowest BCUT2D eigenvalue weighted by Gasteiger charge is -2.26. The summed E-state index contributed by atoms with van der Waals surface area (Å²) in [5.74, 6) is -1.10. The summed E-state index contributed by atoms with van der Waals surface area (Å²) in [5, 5.41) is 18.5. The highest BCUT2D eigenvalue weighted by Crippen LogP contribution is 2.29. The lowest BCUT2D eigenvalue weighted by Crippen LogP contribution is -2.38. The van der Waals surface area contributed by atoms with Crippen molar-refractivity contribution in [3.63, 3.8) is 0 Å². The average molecular weight is 449 g/mol. The number of amides is 1. The summed E-state index contributed by atoms with van der Waals surface area (Å²) >= 11 is 1.57. The Kier molecular flexibility index (Phi) is 5.53. The molecule has 0 spiro atoms. The molecule has 1 fully saturated rings. The molecule has 1 saturated carbocycles. The second kappa shape index (κ2) is 8.63. The van der Waals surface area contributed by atoms with Gasteiger partial charge in [0.25, 0.3) is 5.91 Å². The topological polar surface area (TPSA) is 89.2 Å². The summed E-state index contributed by atoms with van der Waals surface area (Å²) in [6.07, 6.45) is 8.34. The Morgan fingerprint density at radius 1 is 1.09 bits per heavy atom. The van der Waals surface area contributed by atoms with E-state index in [2.05, 4.69) is 27.1 Å². The number of fused-ring (bicyclic) bond motifs is 1. The first kappa shape index (κ1) is 20.5. The molecule has 3 aromatic heterocycles. The van der Waals surface area contributed by atoms with Gasteiger partial charge < -0.3 is 15.0 Å². The van der Waals surface area contributed by atoms with Crippen molar-refractivity contribution in [3.8, 4) is 5.69 Å². The van der Waals surface area contributed by atoms with Crippen LogP contribution < -0.4 is 5.32 Å². The van der Waals surface area contributed by atoms with Gasteiger partial charge in [-0.3, -0.25) is 9.59 Å². The molecule has 1 aliphatic carbocycles. The van der Waals surface area contributed by atoms with Gasteiger partial charge in [0.1, 0.15) is 0 Å². The molecule has 7 nitrogen and oxygen atoms in total. The van der Waals surface area contributed by atoms with Crippen molar-refractivity contribution in [3.05, 3.63) is 71.5 Å². The first-order valence-corrected chi connectivity index (χ1v) is 11.7. The molecule has 164 valence electrons. The zero-order valence-electron chi connectivity index (χ0n) is 17.5. The van der Waals surface area contributed by atoms with Gasteiger partial charge in [0.05, 0.1) is 27.4 Å². The normalized spacial score (nSPS) is 18.6. The lowest BCUT2D eigenvalue weighted by atomic mass is 9.86. The highest BCUT2D eigenvalue weighted by Gasteiger charge is 2.27. The third kappa shape index (κ3) is 4.05. The average Bonchev–Trinajstić information content (AvgIpc) is 3.54. The van der Waals surface area contributed by atoms with Crippen LogP contribution in [0.3, 0.4) is 0 Å². The molecule has 0 saturated heterocycles. The maximum atomic E-state index is 13.0. The van der Waals surface area contributed by atoms with Gasteiger partial charge in [-0.05, 0) is 55.5 Å². The molecule has 3 heterocycles. The molecule has 5 rings (SSSR count). The standard InChI is InChI=1S/C24H24N4O3S/c29-23(26-18-6-4-17(5-7-18)24(30)31)20-15-32-21-10-13-27(22(20)21)14-16-2-8-19(9-3-16)28-12-1-11-25-28/h1-3,8-13,15,17-18H,4-7,14H2,(H,26,29)(H,30,31). The number of aromatic nitrogens is 3. The van der Waals surface area contributed by atoms with Crippen LogP contribution in [0.25, 0.3) is 15.9 Å². The smallest absolute Gasteiger partial charge is 0.306 e. The molecule has 1 aromatic carbocycles. The van der Waals surface area contributed by atoms with Crippen LogP contribution in [0.2, 0.25) is 0 Å². The number of nitrogens with zero attached hydrogens (tertiary/aromatic N) is 3. The Hall–Kier alpha value is -3.39. The molecule has 0 radical (unpaired) electrons. The molecule has 1 amide bonds. The summed E-state index contributed by atoms with van der Waals surface area (Å²) in [6, 6.07) is 12.2. The van der Waals surface area contributed by atoms with E-state index in [4.69, 9.17) is 0 Å². The molecule has 1 aliphatic rings. The fourth-order valence-electron chi connectivity index (χ4n) is 4.43. The lowest BCUT2D eigenvalue weighted by molar-refractivity contribution is -0.142. The van der Waals surface area contributed by atoms with Crippen LogP contribution in [-0.2, 0) is 11.3 Å². The van der Waals surface area contributed by atoms with E-state index in [0.717, 1.165) is 21.5 Å². The highest BCUT2D eigenvalue weighted by atomic mass is 32.1. The van der Waals surface area contributed by atoms with Crippen molar-refractivity contribution >= 4 is 33.4 Å². The summed E-state index contributed by atoms with van der Waals surface area (Å²) in [7, 11) is 0. The molecular formula is C24H24N4O3S. The van der Waals surface area contributed by atoms with Crippen LogP contribution in [0.4, 0.5) is 0 Å². The number of carbonyl (C=O) groups excluding carboxylic acids is 1. The molecule has 4 aromatic rings. The van der Waals surface area contributed by atoms with Gasteiger partial charge in [-0.1, -0.05) is 12.1 Å². The second-order valence-corrected chi connectivity index (χ2v) is 9.19. The number of rotatable bonds is 6. The summed E-state index contributed by atoms with van der Waals surface area (Å²) in [5.41, 5.74) is 3.78. The first-order chi connectivity index (χ1) is 15.6. The van der Waals surface area contributed by atoms with Crippen LogP contribution in [0.5, 0.6) is 0 Å². The minimum atomic E-state index is -0.732. The SMILES string of the molecule is O=C(NC1CCC(C(=O)O)CC1)c1csc2ccn(Cc3ccc(-n4cccn4)cc3)c12. The number of aliphatic carboxylic acids is 1. The van der Waals surface area contributed by atoms with E-state index in [9.17, 15) is 14.7 Å². The first-order valence-electron chi connectivity index (χ1n) is 10.8. The predicted molar refractivity (Wildman–Crippen MR) is 123 cm³/mol. The van der Waals surface area contributed by atoms with Crippen molar-refractivity contribution in [1.82, 2.24) is 19.7 Å². The van der Waals surface area contributed by atoms with E-state index in [0.29, 0.717) is 37.8 Å². The van der Waals surface area contributed by atoms with E-state index in [1.54, 1.807) is 17.5 Å². The Morgan fingerprint density at radius 2 is 1.88 bits per heavy atom. The molecule has 32 heavy (non-hydrogen) atoms. The van der Waals surface area contributed by atoms with Gasteiger partial charge in [0.2, 0.25) is 0 Å². The third-order valence-corrected chi connectivity index (χ3v) is 7.14. The Labute approximate surface area is 189 Å². The molecule has 2 N–H and O–H groups in total. The highest BCUT2D eigenvalue weighted by molar-refractivity contribution is 7.17. The third-order valence-electron chi connectivity index (χ3n) is 6.20. The summed E-state index contributed by atoms with van der Waals surface area (Å²) in [4.78, 5) is 24.2.